The van der Waals surface area contributed by atoms with E-state index in [1.807, 2.05) is 0 Å². The molecule has 3 N–H and O–H groups in total. The van der Waals surface area contributed by atoms with E-state index in [4.69, 9.17) is 22.7 Å². The molecule has 0 amide bonds. The summed E-state index contributed by atoms with van der Waals surface area (Å²) in [5.41, 5.74) is 6.59. The van der Waals surface area contributed by atoms with Gasteiger partial charge in [-0.3, -0.25) is 5.41 Å². The van der Waals surface area contributed by atoms with Gasteiger partial charge in [-0.05, 0) is 13.0 Å². The lowest BCUT2D eigenvalue weighted by atomic mass is 10.2. The Morgan fingerprint density at radius 1 is 1.56 bits per heavy atom. The normalized spacial score (nSPS) is 10.4. The zero-order valence-corrected chi connectivity index (χ0v) is 9.23. The van der Waals surface area contributed by atoms with E-state index in [1.165, 1.54) is 10.9 Å². The summed E-state index contributed by atoms with van der Waals surface area (Å²) >= 11 is 5.89. The number of nitrogens with one attached hydrogen (secondary N) is 1. The molecule has 0 radical (unpaired) electrons. The molecule has 0 unspecified atom stereocenters. The largest absolute Gasteiger partial charge is 0.384 e. The molecule has 0 saturated carbocycles. The van der Waals surface area contributed by atoms with Gasteiger partial charge in [-0.25, -0.2) is 4.68 Å². The Kier molecular flexibility index (Phi) is 2.57. The fourth-order valence-corrected chi connectivity index (χ4v) is 1.38. The van der Waals surface area contributed by atoms with Crippen molar-refractivity contribution in [2.24, 2.45) is 5.73 Å². The summed E-state index contributed by atoms with van der Waals surface area (Å²) in [5, 5.41) is 19.7. The van der Waals surface area contributed by atoms with E-state index >= 15 is 0 Å². The number of hydrogen-bond donors (Lipinski definition) is 2. The van der Waals surface area contributed by atoms with Crippen LogP contribution in [0, 0.1) is 12.3 Å². The molecule has 0 fully saturated rings. The van der Waals surface area contributed by atoms with Crippen LogP contribution in [0.15, 0.2) is 18.5 Å². The minimum absolute atomic E-state index is 0.0887. The van der Waals surface area contributed by atoms with Gasteiger partial charge in [0.25, 0.3) is 0 Å². The summed E-state index contributed by atoms with van der Waals surface area (Å²) in [6, 6.07) is 1.61. The Morgan fingerprint density at radius 3 is 2.88 bits per heavy atom. The van der Waals surface area contributed by atoms with Crippen molar-refractivity contribution >= 4 is 17.4 Å². The third kappa shape index (κ3) is 1.74. The Labute approximate surface area is 96.6 Å². The van der Waals surface area contributed by atoms with E-state index in [-0.39, 0.29) is 5.84 Å². The molecule has 0 aliphatic heterocycles. The van der Waals surface area contributed by atoms with Crippen LogP contribution in [0.25, 0.3) is 5.82 Å². The Bertz CT molecular complexity index is 527. The second kappa shape index (κ2) is 3.90. The topological polar surface area (TPSA) is 93.5 Å². The lowest BCUT2D eigenvalue weighted by Gasteiger charge is -2.04. The number of aromatic nitrogens is 4. The van der Waals surface area contributed by atoms with E-state index in [2.05, 4.69) is 15.3 Å². The molecule has 2 heterocycles. The van der Waals surface area contributed by atoms with Crippen molar-refractivity contribution in [3.63, 3.8) is 0 Å². The van der Waals surface area contributed by atoms with Crippen molar-refractivity contribution < 1.29 is 0 Å². The van der Waals surface area contributed by atoms with E-state index in [9.17, 15) is 0 Å². The Morgan fingerprint density at radius 2 is 2.31 bits per heavy atom. The zero-order valence-electron chi connectivity index (χ0n) is 8.48. The number of amidine groups is 1. The molecule has 2 rings (SSSR count). The monoisotopic (exact) mass is 236 g/mol. The maximum Gasteiger partial charge on any atom is 0.186 e. The van der Waals surface area contributed by atoms with Crippen LogP contribution < -0.4 is 5.73 Å². The van der Waals surface area contributed by atoms with Gasteiger partial charge in [-0.15, -0.1) is 5.10 Å². The second-order valence-corrected chi connectivity index (χ2v) is 3.60. The average molecular weight is 237 g/mol. The van der Waals surface area contributed by atoms with Gasteiger partial charge in [0, 0.05) is 0 Å². The average Bonchev–Trinajstić information content (AvgIpc) is 2.59. The van der Waals surface area contributed by atoms with Gasteiger partial charge in [0.2, 0.25) is 0 Å². The van der Waals surface area contributed by atoms with E-state index in [0.717, 1.165) is 0 Å². The van der Waals surface area contributed by atoms with Crippen LogP contribution in [0.2, 0.25) is 5.02 Å². The zero-order chi connectivity index (χ0) is 11.7. The molecule has 0 aliphatic carbocycles. The fraction of sp³-hybridized carbons (Fsp3) is 0.111. The molecule has 0 atom stereocenters. The highest BCUT2D eigenvalue weighted by Crippen LogP contribution is 2.16. The van der Waals surface area contributed by atoms with Crippen LogP contribution in [-0.4, -0.2) is 25.8 Å². The summed E-state index contributed by atoms with van der Waals surface area (Å²) < 4.78 is 1.46. The maximum absolute atomic E-state index is 7.42. The molecule has 7 heteroatoms. The smallest absolute Gasteiger partial charge is 0.186 e. The molecule has 2 aromatic rings. The highest BCUT2D eigenvalue weighted by atomic mass is 35.5. The number of hydrogen-bond acceptors (Lipinski definition) is 4. The molecular formula is C9H9ClN6. The highest BCUT2D eigenvalue weighted by Gasteiger charge is 2.11. The first-order chi connectivity index (χ1) is 7.59. The number of nitrogen functional groups attached to an aromatic ring is 1. The number of nitrogens with zero attached hydrogens (tertiary/aromatic N) is 4. The number of halogens is 1. The first-order valence-corrected chi connectivity index (χ1v) is 4.85. The minimum Gasteiger partial charge on any atom is -0.384 e. The maximum atomic E-state index is 7.42. The summed E-state index contributed by atoms with van der Waals surface area (Å²) in [6.45, 7) is 1.78. The van der Waals surface area contributed by atoms with Crippen LogP contribution >= 0.6 is 11.6 Å². The quantitative estimate of drug-likeness (QED) is 0.599. The number of aryl methyl sites for hydroxylation is 1. The van der Waals surface area contributed by atoms with Gasteiger partial charge in [-0.2, -0.15) is 10.2 Å². The van der Waals surface area contributed by atoms with Gasteiger partial charge in [0.1, 0.15) is 5.84 Å². The molecule has 0 spiro atoms. The molecule has 2 aromatic heterocycles. The molecular weight excluding hydrogens is 228 g/mol. The Hall–Kier alpha value is -1.95. The molecule has 0 aromatic carbocycles. The molecule has 6 nitrogen and oxygen atoms in total. The molecule has 0 saturated heterocycles. The lowest BCUT2D eigenvalue weighted by Crippen LogP contribution is -2.16. The lowest BCUT2D eigenvalue weighted by molar-refractivity contribution is 0.800. The van der Waals surface area contributed by atoms with Crippen LogP contribution in [0.3, 0.4) is 0 Å². The fourth-order valence-electron chi connectivity index (χ4n) is 1.25. The van der Waals surface area contributed by atoms with Gasteiger partial charge < -0.3 is 5.73 Å². The van der Waals surface area contributed by atoms with Crippen molar-refractivity contribution in [1.29, 1.82) is 5.41 Å². The summed E-state index contributed by atoms with van der Waals surface area (Å²) in [7, 11) is 0. The predicted octanol–water partition coefficient (Wildman–Crippen LogP) is 0.908. The van der Waals surface area contributed by atoms with E-state index in [1.54, 1.807) is 19.2 Å². The third-order valence-corrected chi connectivity index (χ3v) is 2.42. The van der Waals surface area contributed by atoms with Gasteiger partial charge in [0.05, 0.1) is 28.7 Å². The van der Waals surface area contributed by atoms with Gasteiger partial charge >= 0.3 is 0 Å². The van der Waals surface area contributed by atoms with Crippen LogP contribution in [-0.2, 0) is 0 Å². The van der Waals surface area contributed by atoms with Gasteiger partial charge in [0.15, 0.2) is 5.82 Å². The molecule has 0 bridgehead atoms. The molecule has 16 heavy (non-hydrogen) atoms. The van der Waals surface area contributed by atoms with Crippen molar-refractivity contribution in [3.05, 3.63) is 34.7 Å². The number of nitrogens with two attached hydrogens (primary N) is 1. The van der Waals surface area contributed by atoms with Crippen LogP contribution in [0.1, 0.15) is 11.3 Å². The summed E-state index contributed by atoms with van der Waals surface area (Å²) in [4.78, 5) is 0. The standard InChI is InChI=1S/C9H9ClN6/c1-5-7(10)4-16(15-5)9-6(8(11)12)2-3-13-14-9/h2-4H,1H3,(H3,11,12). The molecule has 82 valence electrons. The van der Waals surface area contributed by atoms with Crippen molar-refractivity contribution in [2.45, 2.75) is 6.92 Å². The van der Waals surface area contributed by atoms with Crippen molar-refractivity contribution in [3.8, 4) is 5.82 Å². The van der Waals surface area contributed by atoms with Crippen LogP contribution in [0.5, 0.6) is 0 Å². The van der Waals surface area contributed by atoms with Gasteiger partial charge in [-0.1, -0.05) is 11.6 Å². The molecule has 0 aliphatic rings. The van der Waals surface area contributed by atoms with Crippen LogP contribution in [0.4, 0.5) is 0 Å². The third-order valence-electron chi connectivity index (χ3n) is 2.05. The SMILES string of the molecule is Cc1nn(-c2nnccc2C(=N)N)cc1Cl. The van der Waals surface area contributed by atoms with Crippen molar-refractivity contribution in [2.75, 3.05) is 0 Å². The minimum atomic E-state index is -0.0887. The van der Waals surface area contributed by atoms with E-state index in [0.29, 0.717) is 22.1 Å². The predicted molar refractivity (Wildman–Crippen MR) is 59.9 cm³/mol. The highest BCUT2D eigenvalue weighted by molar-refractivity contribution is 6.31. The first kappa shape index (κ1) is 10.6. The first-order valence-electron chi connectivity index (χ1n) is 4.48. The Balaban J connectivity index is 2.59. The summed E-state index contributed by atoms with van der Waals surface area (Å²) in [5.74, 6) is 0.305. The second-order valence-electron chi connectivity index (χ2n) is 3.19. The van der Waals surface area contributed by atoms with Crippen molar-refractivity contribution in [1.82, 2.24) is 20.0 Å². The number of rotatable bonds is 2. The summed E-state index contributed by atoms with van der Waals surface area (Å²) in [6.07, 6.45) is 3.07. The van der Waals surface area contributed by atoms with E-state index < -0.39 is 0 Å².